The van der Waals surface area contributed by atoms with Crippen molar-refractivity contribution in [1.29, 1.82) is 0 Å². The van der Waals surface area contributed by atoms with Gasteiger partial charge in [0.25, 0.3) is 0 Å². The normalized spacial score (nSPS) is 20.6. The van der Waals surface area contributed by atoms with E-state index < -0.39 is 0 Å². The lowest BCUT2D eigenvalue weighted by Gasteiger charge is -2.17. The van der Waals surface area contributed by atoms with Crippen LogP contribution in [0.15, 0.2) is 17.8 Å². The zero-order valence-corrected chi connectivity index (χ0v) is 12.8. The van der Waals surface area contributed by atoms with Crippen LogP contribution in [0.2, 0.25) is 0 Å². The van der Waals surface area contributed by atoms with Crippen LogP contribution in [0.1, 0.15) is 60.9 Å². The number of hydrogen-bond donors (Lipinski definition) is 1. The van der Waals surface area contributed by atoms with Gasteiger partial charge in [0.15, 0.2) is 0 Å². The molecule has 1 atom stereocenters. The molecule has 0 aliphatic heterocycles. The molecule has 0 radical (unpaired) electrons. The number of thiazole rings is 1. The van der Waals surface area contributed by atoms with Gasteiger partial charge in [-0.05, 0) is 51.4 Å². The summed E-state index contributed by atoms with van der Waals surface area (Å²) in [5, 5.41) is 4.26. The molecule has 3 nitrogen and oxygen atoms in total. The van der Waals surface area contributed by atoms with Gasteiger partial charge in [0.1, 0.15) is 5.01 Å². The summed E-state index contributed by atoms with van der Waals surface area (Å²) < 4.78 is 0. The average molecular weight is 290 g/mol. The van der Waals surface area contributed by atoms with Crippen LogP contribution in [0.3, 0.4) is 0 Å². The standard InChI is InChI=1S/C16H22N2OS/c1-11-10-17-16(20-11)15(13-7-8-13)18-14(19)9-12-5-3-2-4-6-12/h9-10,13,15H,2-8H2,1H3,(H,18,19)/t15-/m1/s1. The number of amides is 1. The van der Waals surface area contributed by atoms with Crippen LogP contribution in [0.4, 0.5) is 0 Å². The molecule has 3 rings (SSSR count). The second-order valence-electron chi connectivity index (χ2n) is 6.00. The maximum absolute atomic E-state index is 12.2. The largest absolute Gasteiger partial charge is 0.343 e. The maximum Gasteiger partial charge on any atom is 0.244 e. The second-order valence-corrected chi connectivity index (χ2v) is 7.26. The molecular weight excluding hydrogens is 268 g/mol. The minimum atomic E-state index is 0.0756. The molecule has 0 spiro atoms. The number of rotatable bonds is 4. The molecule has 2 saturated carbocycles. The summed E-state index contributed by atoms with van der Waals surface area (Å²) in [5.74, 6) is 0.668. The van der Waals surface area contributed by atoms with Crippen LogP contribution >= 0.6 is 11.3 Å². The van der Waals surface area contributed by atoms with Crippen LogP contribution in [0, 0.1) is 12.8 Å². The molecule has 1 aromatic heterocycles. The predicted molar refractivity (Wildman–Crippen MR) is 81.6 cm³/mol. The quantitative estimate of drug-likeness (QED) is 0.854. The van der Waals surface area contributed by atoms with Gasteiger partial charge in [-0.2, -0.15) is 0 Å². The summed E-state index contributed by atoms with van der Waals surface area (Å²) >= 11 is 1.71. The number of carbonyl (C=O) groups is 1. The molecule has 1 aromatic rings. The minimum absolute atomic E-state index is 0.0756. The molecule has 2 aliphatic rings. The Morgan fingerprint density at radius 3 is 2.75 bits per heavy atom. The van der Waals surface area contributed by atoms with Crippen molar-refractivity contribution in [2.75, 3.05) is 0 Å². The zero-order chi connectivity index (χ0) is 13.9. The number of allylic oxidation sites excluding steroid dienone is 1. The first kappa shape index (κ1) is 13.8. The van der Waals surface area contributed by atoms with E-state index in [0.717, 1.165) is 17.8 Å². The first-order chi connectivity index (χ1) is 9.72. The highest BCUT2D eigenvalue weighted by molar-refractivity contribution is 7.11. The summed E-state index contributed by atoms with van der Waals surface area (Å²) in [6.45, 7) is 2.07. The average Bonchev–Trinajstić information content (AvgIpc) is 3.19. The summed E-state index contributed by atoms with van der Waals surface area (Å²) in [6, 6.07) is 0.127. The van der Waals surface area contributed by atoms with Crippen LogP contribution in [-0.4, -0.2) is 10.9 Å². The Labute approximate surface area is 124 Å². The number of carbonyl (C=O) groups excluding carboxylic acids is 1. The fourth-order valence-corrected chi connectivity index (χ4v) is 3.78. The fraction of sp³-hybridized carbons (Fsp3) is 0.625. The van der Waals surface area contributed by atoms with Crippen molar-refractivity contribution in [3.05, 3.63) is 27.7 Å². The van der Waals surface area contributed by atoms with E-state index in [-0.39, 0.29) is 11.9 Å². The van der Waals surface area contributed by atoms with E-state index in [1.807, 2.05) is 12.3 Å². The van der Waals surface area contributed by atoms with Gasteiger partial charge in [-0.3, -0.25) is 4.79 Å². The van der Waals surface area contributed by atoms with Gasteiger partial charge in [0.2, 0.25) is 5.91 Å². The first-order valence-corrected chi connectivity index (χ1v) is 8.46. The Morgan fingerprint density at radius 1 is 1.40 bits per heavy atom. The first-order valence-electron chi connectivity index (χ1n) is 7.64. The number of aromatic nitrogens is 1. The highest BCUT2D eigenvalue weighted by Crippen LogP contribution is 2.42. The summed E-state index contributed by atoms with van der Waals surface area (Å²) in [5.41, 5.74) is 1.32. The van der Waals surface area contributed by atoms with Crippen LogP contribution < -0.4 is 5.32 Å². The Kier molecular flexibility index (Phi) is 4.20. The van der Waals surface area contributed by atoms with Crippen LogP contribution in [0.5, 0.6) is 0 Å². The third kappa shape index (κ3) is 3.48. The van der Waals surface area contributed by atoms with Crippen molar-refractivity contribution in [1.82, 2.24) is 10.3 Å². The van der Waals surface area contributed by atoms with Gasteiger partial charge in [0, 0.05) is 17.2 Å². The minimum Gasteiger partial charge on any atom is -0.343 e. The van der Waals surface area contributed by atoms with E-state index in [4.69, 9.17) is 0 Å². The highest BCUT2D eigenvalue weighted by Gasteiger charge is 2.35. The van der Waals surface area contributed by atoms with Crippen molar-refractivity contribution in [3.63, 3.8) is 0 Å². The lowest BCUT2D eigenvalue weighted by molar-refractivity contribution is -0.117. The van der Waals surface area contributed by atoms with E-state index in [1.54, 1.807) is 11.3 Å². The Balaban J connectivity index is 1.65. The maximum atomic E-state index is 12.2. The van der Waals surface area contributed by atoms with Crippen molar-refractivity contribution in [2.24, 2.45) is 5.92 Å². The lowest BCUT2D eigenvalue weighted by atomic mass is 9.94. The topological polar surface area (TPSA) is 42.0 Å². The van der Waals surface area contributed by atoms with Gasteiger partial charge < -0.3 is 5.32 Å². The number of nitrogens with zero attached hydrogens (tertiary/aromatic N) is 1. The zero-order valence-electron chi connectivity index (χ0n) is 12.0. The molecule has 2 aliphatic carbocycles. The molecule has 108 valence electrons. The lowest BCUT2D eigenvalue weighted by Crippen LogP contribution is -2.28. The second kappa shape index (κ2) is 6.08. The Bertz CT molecular complexity index is 508. The van der Waals surface area contributed by atoms with Gasteiger partial charge in [-0.1, -0.05) is 12.0 Å². The van der Waals surface area contributed by atoms with Crippen molar-refractivity contribution in [3.8, 4) is 0 Å². The van der Waals surface area contributed by atoms with Gasteiger partial charge in [0.05, 0.1) is 6.04 Å². The molecule has 1 heterocycles. The summed E-state index contributed by atoms with van der Waals surface area (Å²) in [4.78, 5) is 17.9. The molecule has 0 saturated heterocycles. The molecule has 1 N–H and O–H groups in total. The molecule has 1 amide bonds. The molecule has 2 fully saturated rings. The van der Waals surface area contributed by atoms with Gasteiger partial charge in [-0.15, -0.1) is 11.3 Å². The number of aryl methyl sites for hydroxylation is 1. The van der Waals surface area contributed by atoms with Gasteiger partial charge >= 0.3 is 0 Å². The van der Waals surface area contributed by atoms with Crippen LogP contribution in [-0.2, 0) is 4.79 Å². The Hall–Kier alpha value is -1.16. The van der Waals surface area contributed by atoms with E-state index in [9.17, 15) is 4.79 Å². The molecule has 4 heteroatoms. The number of hydrogen-bond acceptors (Lipinski definition) is 3. The highest BCUT2D eigenvalue weighted by atomic mass is 32.1. The van der Waals surface area contributed by atoms with E-state index in [1.165, 1.54) is 42.6 Å². The predicted octanol–water partition coefficient (Wildman–Crippen LogP) is 3.91. The smallest absolute Gasteiger partial charge is 0.244 e. The van der Waals surface area contributed by atoms with Crippen molar-refractivity contribution >= 4 is 17.2 Å². The third-order valence-electron chi connectivity index (χ3n) is 4.13. The van der Waals surface area contributed by atoms with Crippen molar-refractivity contribution in [2.45, 2.75) is 57.9 Å². The fourth-order valence-electron chi connectivity index (χ4n) is 2.86. The van der Waals surface area contributed by atoms with Crippen LogP contribution in [0.25, 0.3) is 0 Å². The number of nitrogens with one attached hydrogen (secondary N) is 1. The molecule has 0 unspecified atom stereocenters. The van der Waals surface area contributed by atoms with Gasteiger partial charge in [-0.25, -0.2) is 4.98 Å². The monoisotopic (exact) mass is 290 g/mol. The SMILES string of the molecule is Cc1cnc([C@H](NC(=O)C=C2CCCCC2)C2CC2)s1. The molecular formula is C16H22N2OS. The Morgan fingerprint density at radius 2 is 2.15 bits per heavy atom. The third-order valence-corrected chi connectivity index (χ3v) is 5.12. The molecule has 20 heavy (non-hydrogen) atoms. The van der Waals surface area contributed by atoms with E-state index in [0.29, 0.717) is 5.92 Å². The van der Waals surface area contributed by atoms with Crippen molar-refractivity contribution < 1.29 is 4.79 Å². The molecule has 0 bridgehead atoms. The van der Waals surface area contributed by atoms with E-state index >= 15 is 0 Å². The summed E-state index contributed by atoms with van der Waals surface area (Å²) in [6.07, 6.45) is 12.1. The molecule has 0 aromatic carbocycles. The summed E-state index contributed by atoms with van der Waals surface area (Å²) in [7, 11) is 0. The van der Waals surface area contributed by atoms with E-state index in [2.05, 4.69) is 17.2 Å².